The van der Waals surface area contributed by atoms with Gasteiger partial charge in [0.1, 0.15) is 5.75 Å². The number of aromatic nitrogens is 2. The summed E-state index contributed by atoms with van der Waals surface area (Å²) in [5, 5.41) is 4.13. The summed E-state index contributed by atoms with van der Waals surface area (Å²) >= 11 is 1.63. The van der Waals surface area contributed by atoms with Crippen LogP contribution in [0, 0.1) is 27.7 Å². The van der Waals surface area contributed by atoms with Crippen LogP contribution in [-0.2, 0) is 0 Å². The second-order valence-electron chi connectivity index (χ2n) is 6.70. The quantitative estimate of drug-likeness (QED) is 0.697. The molecule has 0 aliphatic rings. The zero-order valence-corrected chi connectivity index (χ0v) is 17.4. The van der Waals surface area contributed by atoms with Crippen molar-refractivity contribution in [1.29, 1.82) is 0 Å². The summed E-state index contributed by atoms with van der Waals surface area (Å²) in [6.07, 6.45) is 0. The lowest BCUT2D eigenvalue weighted by Crippen LogP contribution is -2.27. The van der Waals surface area contributed by atoms with Gasteiger partial charge >= 0.3 is 0 Å². The summed E-state index contributed by atoms with van der Waals surface area (Å²) in [5.41, 5.74) is 4.55. The van der Waals surface area contributed by atoms with Crippen molar-refractivity contribution in [1.82, 2.24) is 14.9 Å². The molecule has 1 amide bonds. The first-order valence-electron chi connectivity index (χ1n) is 8.90. The minimum atomic E-state index is -0.0800. The van der Waals surface area contributed by atoms with E-state index in [1.165, 1.54) is 0 Å². The molecule has 1 aromatic carbocycles. The van der Waals surface area contributed by atoms with Crippen LogP contribution in [0.2, 0.25) is 0 Å². The van der Waals surface area contributed by atoms with Crippen LogP contribution in [0.3, 0.4) is 0 Å². The van der Waals surface area contributed by atoms with Crippen molar-refractivity contribution in [3.8, 4) is 11.4 Å². The smallest absolute Gasteiger partial charge is 0.253 e. The number of carbonyl (C=O) groups is 1. The van der Waals surface area contributed by atoms with Crippen molar-refractivity contribution in [3.05, 3.63) is 62.9 Å². The van der Waals surface area contributed by atoms with E-state index < -0.39 is 0 Å². The molecule has 0 bridgehead atoms. The molecular weight excluding hydrogens is 358 g/mol. The number of benzene rings is 1. The Kier molecular flexibility index (Phi) is 5.37. The minimum absolute atomic E-state index is 0.0739. The molecule has 0 aliphatic carbocycles. The molecule has 1 N–H and O–H groups in total. The average Bonchev–Trinajstić information content (AvgIpc) is 3.12. The molecule has 0 aliphatic heterocycles. The van der Waals surface area contributed by atoms with Gasteiger partial charge in [-0.1, -0.05) is 6.07 Å². The lowest BCUT2D eigenvalue weighted by molar-refractivity contribution is 0.0940. The van der Waals surface area contributed by atoms with Crippen LogP contribution in [0.15, 0.2) is 30.3 Å². The number of thiazole rings is 1. The van der Waals surface area contributed by atoms with Gasteiger partial charge in [0.05, 0.1) is 29.4 Å². The molecule has 0 unspecified atom stereocenters. The largest absolute Gasteiger partial charge is 0.497 e. The lowest BCUT2D eigenvalue weighted by Gasteiger charge is -2.14. The molecule has 0 fully saturated rings. The van der Waals surface area contributed by atoms with Gasteiger partial charge in [-0.2, -0.15) is 0 Å². The normalized spacial score (nSPS) is 12.1. The van der Waals surface area contributed by atoms with E-state index in [2.05, 4.69) is 14.9 Å². The standard InChI is InChI=1S/C21H25N3O2S/c1-12-10-19(15(4)24(12)17-8-7-9-18(11-17)26-6)21(25)23-14(3)20-13(2)22-16(5)27-20/h7-11,14H,1-6H3,(H,23,25)/t14-/m0/s1. The maximum Gasteiger partial charge on any atom is 0.253 e. The second kappa shape index (κ2) is 7.56. The number of ether oxygens (including phenoxy) is 1. The Hall–Kier alpha value is -2.60. The Balaban J connectivity index is 1.89. The zero-order chi connectivity index (χ0) is 19.7. The van der Waals surface area contributed by atoms with Gasteiger partial charge < -0.3 is 14.6 Å². The maximum absolute atomic E-state index is 12.9. The number of nitrogens with zero attached hydrogens (tertiary/aromatic N) is 2. The van der Waals surface area contributed by atoms with Crippen LogP contribution in [-0.4, -0.2) is 22.6 Å². The fraction of sp³-hybridized carbons (Fsp3) is 0.333. The van der Waals surface area contributed by atoms with Gasteiger partial charge in [0.2, 0.25) is 0 Å². The first-order valence-corrected chi connectivity index (χ1v) is 9.71. The van der Waals surface area contributed by atoms with Gasteiger partial charge in [-0.15, -0.1) is 11.3 Å². The van der Waals surface area contributed by atoms with E-state index in [1.54, 1.807) is 18.4 Å². The van der Waals surface area contributed by atoms with Gasteiger partial charge in [0, 0.05) is 28.0 Å². The Morgan fingerprint density at radius 3 is 2.59 bits per heavy atom. The molecule has 2 heterocycles. The Labute approximate surface area is 164 Å². The van der Waals surface area contributed by atoms with E-state index in [-0.39, 0.29) is 11.9 Å². The Bertz CT molecular complexity index is 987. The van der Waals surface area contributed by atoms with E-state index in [9.17, 15) is 4.79 Å². The predicted octanol–water partition coefficient (Wildman–Crippen LogP) is 4.67. The van der Waals surface area contributed by atoms with Crippen LogP contribution >= 0.6 is 11.3 Å². The van der Waals surface area contributed by atoms with Gasteiger partial charge in [0.15, 0.2) is 0 Å². The summed E-state index contributed by atoms with van der Waals surface area (Å²) in [5.74, 6) is 0.714. The van der Waals surface area contributed by atoms with E-state index in [0.717, 1.165) is 38.4 Å². The maximum atomic E-state index is 12.9. The van der Waals surface area contributed by atoms with E-state index in [1.807, 2.05) is 65.0 Å². The lowest BCUT2D eigenvalue weighted by atomic mass is 10.2. The third-order valence-corrected chi connectivity index (χ3v) is 5.92. The molecule has 27 heavy (non-hydrogen) atoms. The zero-order valence-electron chi connectivity index (χ0n) is 16.6. The number of amides is 1. The summed E-state index contributed by atoms with van der Waals surface area (Å²) in [4.78, 5) is 18.5. The van der Waals surface area contributed by atoms with Crippen LogP contribution in [0.5, 0.6) is 5.75 Å². The number of aryl methyl sites for hydroxylation is 3. The molecule has 6 heteroatoms. The van der Waals surface area contributed by atoms with E-state index in [0.29, 0.717) is 5.56 Å². The van der Waals surface area contributed by atoms with Crippen molar-refractivity contribution in [2.24, 2.45) is 0 Å². The number of carbonyl (C=O) groups excluding carboxylic acids is 1. The summed E-state index contributed by atoms with van der Waals surface area (Å²) in [7, 11) is 1.65. The Morgan fingerprint density at radius 1 is 1.22 bits per heavy atom. The molecule has 3 rings (SSSR count). The van der Waals surface area contributed by atoms with Crippen LogP contribution < -0.4 is 10.1 Å². The molecule has 0 radical (unpaired) electrons. The van der Waals surface area contributed by atoms with Crippen LogP contribution in [0.25, 0.3) is 5.69 Å². The summed E-state index contributed by atoms with van der Waals surface area (Å²) in [6, 6.07) is 9.69. The van der Waals surface area contributed by atoms with Gasteiger partial charge in [-0.25, -0.2) is 4.98 Å². The second-order valence-corrected chi connectivity index (χ2v) is 7.93. The van der Waals surface area contributed by atoms with Crippen molar-refractivity contribution in [2.45, 2.75) is 40.7 Å². The third-order valence-electron chi connectivity index (χ3n) is 4.67. The topological polar surface area (TPSA) is 56.1 Å². The Morgan fingerprint density at radius 2 is 1.96 bits per heavy atom. The summed E-state index contributed by atoms with van der Waals surface area (Å²) < 4.78 is 7.40. The van der Waals surface area contributed by atoms with Crippen molar-refractivity contribution >= 4 is 17.2 Å². The highest BCUT2D eigenvalue weighted by Gasteiger charge is 2.20. The van der Waals surface area contributed by atoms with E-state index in [4.69, 9.17) is 4.74 Å². The van der Waals surface area contributed by atoms with Gasteiger partial charge in [-0.05, 0) is 52.8 Å². The van der Waals surface area contributed by atoms with Crippen LogP contribution in [0.4, 0.5) is 0 Å². The monoisotopic (exact) mass is 383 g/mol. The first-order chi connectivity index (χ1) is 12.8. The highest BCUT2D eigenvalue weighted by molar-refractivity contribution is 7.11. The van der Waals surface area contributed by atoms with E-state index >= 15 is 0 Å². The van der Waals surface area contributed by atoms with Crippen LogP contribution in [0.1, 0.15) is 50.3 Å². The molecule has 0 saturated carbocycles. The summed E-state index contributed by atoms with van der Waals surface area (Å²) in [6.45, 7) is 9.93. The molecule has 0 saturated heterocycles. The minimum Gasteiger partial charge on any atom is -0.497 e. The number of hydrogen-bond acceptors (Lipinski definition) is 4. The highest BCUT2D eigenvalue weighted by atomic mass is 32.1. The van der Waals surface area contributed by atoms with Gasteiger partial charge in [-0.3, -0.25) is 4.79 Å². The number of methoxy groups -OCH3 is 1. The fourth-order valence-corrected chi connectivity index (χ4v) is 4.36. The number of nitrogens with one attached hydrogen (secondary N) is 1. The molecule has 142 valence electrons. The molecule has 2 aromatic heterocycles. The van der Waals surface area contributed by atoms with Crippen molar-refractivity contribution in [2.75, 3.05) is 7.11 Å². The molecule has 3 aromatic rings. The molecule has 0 spiro atoms. The fourth-order valence-electron chi connectivity index (χ4n) is 3.43. The number of rotatable bonds is 5. The van der Waals surface area contributed by atoms with Crippen molar-refractivity contribution in [3.63, 3.8) is 0 Å². The first kappa shape index (κ1) is 19.2. The average molecular weight is 384 g/mol. The molecular formula is C21H25N3O2S. The highest BCUT2D eigenvalue weighted by Crippen LogP contribution is 2.27. The SMILES string of the molecule is COc1cccc(-n2c(C)cc(C(=O)N[C@@H](C)c3sc(C)nc3C)c2C)c1. The molecule has 1 atom stereocenters. The number of hydrogen-bond donors (Lipinski definition) is 1. The molecule has 5 nitrogen and oxygen atoms in total. The van der Waals surface area contributed by atoms with Crippen molar-refractivity contribution < 1.29 is 9.53 Å². The predicted molar refractivity (Wildman–Crippen MR) is 109 cm³/mol. The third kappa shape index (κ3) is 3.76. The van der Waals surface area contributed by atoms with Gasteiger partial charge in [0.25, 0.3) is 5.91 Å².